The van der Waals surface area contributed by atoms with E-state index in [2.05, 4.69) is 0 Å². The van der Waals surface area contributed by atoms with E-state index >= 15 is 0 Å². The van der Waals surface area contributed by atoms with Crippen molar-refractivity contribution < 1.29 is 14.7 Å². The van der Waals surface area contributed by atoms with Gasteiger partial charge >= 0.3 is 5.97 Å². The Morgan fingerprint density at radius 2 is 2.10 bits per heavy atom. The first-order valence-electron chi connectivity index (χ1n) is 7.10. The lowest BCUT2D eigenvalue weighted by Gasteiger charge is -2.38. The second-order valence-electron chi connectivity index (χ2n) is 5.85. The smallest absolute Gasteiger partial charge is 0.310 e. The highest BCUT2D eigenvalue weighted by Gasteiger charge is 2.46. The van der Waals surface area contributed by atoms with Gasteiger partial charge in [0.05, 0.1) is 11.5 Å². The maximum Gasteiger partial charge on any atom is 0.310 e. The second-order valence-corrected chi connectivity index (χ2v) is 6.29. The molecule has 1 fully saturated rings. The van der Waals surface area contributed by atoms with Gasteiger partial charge in [-0.05, 0) is 37.5 Å². The number of amides is 1. The van der Waals surface area contributed by atoms with Gasteiger partial charge in [0.15, 0.2) is 0 Å². The molecule has 1 aliphatic carbocycles. The molecule has 0 aromatic heterocycles. The maximum atomic E-state index is 12.4. The third kappa shape index (κ3) is 3.21. The molecule has 1 atom stereocenters. The van der Waals surface area contributed by atoms with E-state index in [0.29, 0.717) is 17.9 Å². The minimum Gasteiger partial charge on any atom is -0.481 e. The fourth-order valence-electron chi connectivity index (χ4n) is 2.69. The van der Waals surface area contributed by atoms with Crippen molar-refractivity contribution in [3.05, 3.63) is 34.9 Å². The summed E-state index contributed by atoms with van der Waals surface area (Å²) >= 11 is 5.97. The topological polar surface area (TPSA) is 57.6 Å². The maximum absolute atomic E-state index is 12.4. The fraction of sp³-hybridized carbons (Fsp3) is 0.500. The van der Waals surface area contributed by atoms with E-state index in [4.69, 9.17) is 11.6 Å². The lowest BCUT2D eigenvalue weighted by molar-refractivity contribution is -0.159. The van der Waals surface area contributed by atoms with Crippen molar-refractivity contribution >= 4 is 23.5 Å². The largest absolute Gasteiger partial charge is 0.481 e. The van der Waals surface area contributed by atoms with Crippen LogP contribution in [0.1, 0.15) is 44.2 Å². The number of hydrogen-bond donors (Lipinski definition) is 1. The van der Waals surface area contributed by atoms with Crippen LogP contribution in [-0.4, -0.2) is 28.9 Å². The van der Waals surface area contributed by atoms with Crippen LogP contribution in [0.4, 0.5) is 0 Å². The normalized spacial score (nSPS) is 17.7. The Bertz CT molecular complexity index is 554. The zero-order valence-electron chi connectivity index (χ0n) is 12.3. The standard InChI is InChI=1S/C16H20ClNO3/c1-11(12-5-3-6-13(17)9-12)18(2)14(19)10-16(15(20)21)7-4-8-16/h3,5-6,9,11H,4,7-8,10H2,1-2H3,(H,20,21). The van der Waals surface area contributed by atoms with Gasteiger partial charge < -0.3 is 10.0 Å². The minimum atomic E-state index is -0.856. The molecule has 5 heteroatoms. The van der Waals surface area contributed by atoms with E-state index in [1.165, 1.54) is 0 Å². The third-order valence-electron chi connectivity index (χ3n) is 4.56. The number of carbonyl (C=O) groups is 2. The molecule has 1 aromatic rings. The monoisotopic (exact) mass is 309 g/mol. The van der Waals surface area contributed by atoms with Gasteiger partial charge in [-0.2, -0.15) is 0 Å². The molecule has 1 N–H and O–H groups in total. The Hall–Kier alpha value is -1.55. The van der Waals surface area contributed by atoms with E-state index in [1.54, 1.807) is 18.0 Å². The van der Waals surface area contributed by atoms with Gasteiger partial charge in [-0.15, -0.1) is 0 Å². The number of carboxylic acid groups (broad SMARTS) is 1. The van der Waals surface area contributed by atoms with Crippen LogP contribution in [0.15, 0.2) is 24.3 Å². The quantitative estimate of drug-likeness (QED) is 0.905. The average molecular weight is 310 g/mol. The van der Waals surface area contributed by atoms with Crippen LogP contribution in [0.25, 0.3) is 0 Å². The second kappa shape index (κ2) is 6.06. The highest BCUT2D eigenvalue weighted by molar-refractivity contribution is 6.30. The van der Waals surface area contributed by atoms with Gasteiger partial charge in [-0.1, -0.05) is 30.2 Å². The number of carboxylic acids is 1. The molecule has 114 valence electrons. The molecule has 0 saturated heterocycles. The minimum absolute atomic E-state index is 0.0732. The molecule has 0 bridgehead atoms. The van der Waals surface area contributed by atoms with E-state index in [-0.39, 0.29) is 18.4 Å². The van der Waals surface area contributed by atoms with Crippen LogP contribution in [0.3, 0.4) is 0 Å². The number of nitrogens with zero attached hydrogens (tertiary/aromatic N) is 1. The molecule has 1 saturated carbocycles. The van der Waals surface area contributed by atoms with E-state index in [1.807, 2.05) is 25.1 Å². The molecular weight excluding hydrogens is 290 g/mol. The van der Waals surface area contributed by atoms with Crippen LogP contribution in [0, 0.1) is 5.41 Å². The van der Waals surface area contributed by atoms with Crippen LogP contribution in [0.2, 0.25) is 5.02 Å². The average Bonchev–Trinajstić information content (AvgIpc) is 2.40. The predicted octanol–water partition coefficient (Wildman–Crippen LogP) is 3.50. The summed E-state index contributed by atoms with van der Waals surface area (Å²) in [5.74, 6) is -0.990. The van der Waals surface area contributed by atoms with Gasteiger partial charge in [0.25, 0.3) is 0 Å². The van der Waals surface area contributed by atoms with Crippen molar-refractivity contribution in [3.63, 3.8) is 0 Å². The predicted molar refractivity (Wildman–Crippen MR) is 81.2 cm³/mol. The number of hydrogen-bond acceptors (Lipinski definition) is 2. The van der Waals surface area contributed by atoms with Gasteiger partial charge in [0.2, 0.25) is 5.91 Å². The van der Waals surface area contributed by atoms with Crippen molar-refractivity contribution in [2.45, 2.75) is 38.6 Å². The molecule has 1 unspecified atom stereocenters. The summed E-state index contributed by atoms with van der Waals surface area (Å²) in [6.45, 7) is 1.91. The zero-order valence-corrected chi connectivity index (χ0v) is 13.1. The van der Waals surface area contributed by atoms with Gasteiger partial charge in [-0.3, -0.25) is 9.59 Å². The highest BCUT2D eigenvalue weighted by Crippen LogP contribution is 2.44. The van der Waals surface area contributed by atoms with E-state index in [0.717, 1.165) is 12.0 Å². The van der Waals surface area contributed by atoms with Gasteiger partial charge in [0.1, 0.15) is 0 Å². The van der Waals surface area contributed by atoms with Crippen LogP contribution in [0.5, 0.6) is 0 Å². The van der Waals surface area contributed by atoms with Crippen LogP contribution >= 0.6 is 11.6 Å². The lowest BCUT2D eigenvalue weighted by atomic mass is 9.66. The molecule has 21 heavy (non-hydrogen) atoms. The Labute approximate surface area is 129 Å². The number of rotatable bonds is 5. The van der Waals surface area contributed by atoms with Crippen molar-refractivity contribution in [2.24, 2.45) is 5.41 Å². The zero-order chi connectivity index (χ0) is 15.6. The number of carbonyl (C=O) groups excluding carboxylic acids is 1. The Morgan fingerprint density at radius 1 is 1.43 bits per heavy atom. The van der Waals surface area contributed by atoms with Crippen molar-refractivity contribution in [3.8, 4) is 0 Å². The number of benzene rings is 1. The Morgan fingerprint density at radius 3 is 2.57 bits per heavy atom. The first-order valence-corrected chi connectivity index (χ1v) is 7.48. The van der Waals surface area contributed by atoms with Gasteiger partial charge in [-0.25, -0.2) is 0 Å². The Kier molecular flexibility index (Phi) is 4.57. The lowest BCUT2D eigenvalue weighted by Crippen LogP contribution is -2.43. The van der Waals surface area contributed by atoms with E-state index in [9.17, 15) is 14.7 Å². The molecule has 1 amide bonds. The molecule has 1 aliphatic rings. The van der Waals surface area contributed by atoms with Gasteiger partial charge in [0, 0.05) is 18.5 Å². The molecule has 2 rings (SSSR count). The Balaban J connectivity index is 2.07. The summed E-state index contributed by atoms with van der Waals surface area (Å²) in [6, 6.07) is 7.23. The highest BCUT2D eigenvalue weighted by atomic mass is 35.5. The van der Waals surface area contributed by atoms with E-state index < -0.39 is 11.4 Å². The molecule has 0 aliphatic heterocycles. The first kappa shape index (κ1) is 15.8. The summed E-state index contributed by atoms with van der Waals surface area (Å²) in [6.07, 6.45) is 2.14. The van der Waals surface area contributed by atoms with Crippen molar-refractivity contribution in [2.75, 3.05) is 7.05 Å². The summed E-state index contributed by atoms with van der Waals surface area (Å²) in [7, 11) is 1.71. The molecule has 0 radical (unpaired) electrons. The van der Waals surface area contributed by atoms with Crippen molar-refractivity contribution in [1.82, 2.24) is 4.90 Å². The van der Waals surface area contributed by atoms with Crippen LogP contribution in [-0.2, 0) is 9.59 Å². The van der Waals surface area contributed by atoms with Crippen molar-refractivity contribution in [1.29, 1.82) is 0 Å². The molecule has 4 nitrogen and oxygen atoms in total. The number of halogens is 1. The third-order valence-corrected chi connectivity index (χ3v) is 4.79. The summed E-state index contributed by atoms with van der Waals surface area (Å²) in [5.41, 5.74) is 0.0932. The summed E-state index contributed by atoms with van der Waals surface area (Å²) in [5, 5.41) is 9.94. The fourth-order valence-corrected chi connectivity index (χ4v) is 2.89. The molecule has 0 heterocycles. The van der Waals surface area contributed by atoms with Crippen LogP contribution < -0.4 is 0 Å². The SMILES string of the molecule is CC(c1cccc(Cl)c1)N(C)C(=O)CC1(C(=O)O)CCC1. The molecular formula is C16H20ClNO3. The first-order chi connectivity index (χ1) is 9.85. The summed E-state index contributed by atoms with van der Waals surface area (Å²) in [4.78, 5) is 25.3. The molecule has 0 spiro atoms. The molecule has 1 aromatic carbocycles. The number of aliphatic carboxylic acids is 1. The summed E-state index contributed by atoms with van der Waals surface area (Å²) < 4.78 is 0.